The summed E-state index contributed by atoms with van der Waals surface area (Å²) in [5.74, 6) is -0.941. The normalized spacial score (nSPS) is 24.0. The number of nitrogens with one attached hydrogen (secondary N) is 2. The molecule has 1 aromatic carbocycles. The zero-order valence-electron chi connectivity index (χ0n) is 12.8. The lowest BCUT2D eigenvalue weighted by molar-refractivity contribution is -0.124. The van der Waals surface area contributed by atoms with Gasteiger partial charge in [0.05, 0.1) is 6.04 Å². The molecule has 0 radical (unpaired) electrons. The first-order valence-corrected chi connectivity index (χ1v) is 8.02. The Hall–Kier alpha value is -1.49. The molecule has 2 atom stereocenters. The fourth-order valence-electron chi connectivity index (χ4n) is 3.65. The Morgan fingerprint density at radius 2 is 2.14 bits per heavy atom. The van der Waals surface area contributed by atoms with Crippen LogP contribution in [0.1, 0.15) is 44.2 Å². The number of hydrogen-bond acceptors (Lipinski definition) is 2. The Bertz CT molecular complexity index is 570. The fourth-order valence-corrected chi connectivity index (χ4v) is 3.65. The van der Waals surface area contributed by atoms with Gasteiger partial charge in [-0.1, -0.05) is 6.92 Å². The Balaban J connectivity index is 1.68. The zero-order chi connectivity index (χ0) is 15.7. The molecule has 120 valence electrons. The van der Waals surface area contributed by atoms with E-state index in [9.17, 15) is 13.6 Å². The molecule has 1 amide bonds. The molecule has 1 aliphatic carbocycles. The van der Waals surface area contributed by atoms with E-state index in [0.717, 1.165) is 44.5 Å². The minimum Gasteiger partial charge on any atom is -0.349 e. The summed E-state index contributed by atoms with van der Waals surface area (Å²) in [5, 5.41) is 6.23. The third-order valence-electron chi connectivity index (χ3n) is 5.16. The summed E-state index contributed by atoms with van der Waals surface area (Å²) in [6.45, 7) is 3.78. The second-order valence-corrected chi connectivity index (χ2v) is 6.50. The molecule has 1 spiro atoms. The number of carbonyl (C=O) groups is 1. The predicted octanol–water partition coefficient (Wildman–Crippen LogP) is 2.92. The zero-order valence-corrected chi connectivity index (χ0v) is 12.8. The van der Waals surface area contributed by atoms with Gasteiger partial charge in [0.1, 0.15) is 11.6 Å². The first-order chi connectivity index (χ1) is 10.6. The van der Waals surface area contributed by atoms with Gasteiger partial charge in [-0.05, 0) is 62.4 Å². The van der Waals surface area contributed by atoms with Crippen molar-refractivity contribution in [2.75, 3.05) is 13.1 Å². The minimum atomic E-state index is -0.481. The van der Waals surface area contributed by atoms with Gasteiger partial charge < -0.3 is 10.6 Å². The van der Waals surface area contributed by atoms with Gasteiger partial charge in [-0.2, -0.15) is 0 Å². The van der Waals surface area contributed by atoms with E-state index in [4.69, 9.17) is 0 Å². The highest BCUT2D eigenvalue weighted by Crippen LogP contribution is 2.58. The average Bonchev–Trinajstić information content (AvgIpc) is 3.21. The van der Waals surface area contributed by atoms with E-state index < -0.39 is 17.7 Å². The summed E-state index contributed by atoms with van der Waals surface area (Å²) in [6, 6.07) is 2.92. The summed E-state index contributed by atoms with van der Waals surface area (Å²) < 4.78 is 27.2. The van der Waals surface area contributed by atoms with Gasteiger partial charge in [0.2, 0.25) is 5.91 Å². The maximum absolute atomic E-state index is 13.9. The first kappa shape index (κ1) is 15.4. The van der Waals surface area contributed by atoms with E-state index in [2.05, 4.69) is 10.6 Å². The first-order valence-electron chi connectivity index (χ1n) is 8.02. The third-order valence-corrected chi connectivity index (χ3v) is 5.16. The average molecular weight is 308 g/mol. The maximum Gasteiger partial charge on any atom is 0.224 e. The van der Waals surface area contributed by atoms with Crippen molar-refractivity contribution in [3.05, 3.63) is 35.4 Å². The van der Waals surface area contributed by atoms with Crippen molar-refractivity contribution in [3.63, 3.8) is 0 Å². The van der Waals surface area contributed by atoms with Crippen LogP contribution >= 0.6 is 0 Å². The highest BCUT2D eigenvalue weighted by Gasteiger charge is 2.57. The number of rotatable bonds is 4. The topological polar surface area (TPSA) is 41.1 Å². The summed E-state index contributed by atoms with van der Waals surface area (Å²) in [6.07, 6.45) is 3.50. The Morgan fingerprint density at radius 1 is 1.41 bits per heavy atom. The number of piperidine rings is 1. The monoisotopic (exact) mass is 308 g/mol. The summed E-state index contributed by atoms with van der Waals surface area (Å²) in [4.78, 5) is 12.5. The van der Waals surface area contributed by atoms with Crippen molar-refractivity contribution >= 4 is 5.91 Å². The second kappa shape index (κ2) is 5.95. The lowest BCUT2D eigenvalue weighted by atomic mass is 9.91. The van der Waals surface area contributed by atoms with Crippen molar-refractivity contribution in [2.24, 2.45) is 11.3 Å². The molecule has 1 aliphatic heterocycles. The molecule has 0 aromatic heterocycles. The van der Waals surface area contributed by atoms with Crippen molar-refractivity contribution in [3.8, 4) is 0 Å². The molecule has 2 aliphatic rings. The predicted molar refractivity (Wildman–Crippen MR) is 80.2 cm³/mol. The van der Waals surface area contributed by atoms with Crippen LogP contribution in [0.4, 0.5) is 8.78 Å². The van der Waals surface area contributed by atoms with Crippen LogP contribution in [0, 0.1) is 23.0 Å². The molecule has 1 saturated carbocycles. The van der Waals surface area contributed by atoms with Crippen molar-refractivity contribution < 1.29 is 13.6 Å². The highest BCUT2D eigenvalue weighted by molar-refractivity contribution is 5.83. The molecule has 1 heterocycles. The van der Waals surface area contributed by atoms with Crippen LogP contribution in [0.25, 0.3) is 0 Å². The van der Waals surface area contributed by atoms with Crippen LogP contribution < -0.4 is 10.6 Å². The van der Waals surface area contributed by atoms with Gasteiger partial charge in [0, 0.05) is 11.5 Å². The lowest BCUT2D eigenvalue weighted by Crippen LogP contribution is -2.35. The van der Waals surface area contributed by atoms with Crippen LogP contribution in [0.15, 0.2) is 18.2 Å². The smallest absolute Gasteiger partial charge is 0.224 e. The molecular weight excluding hydrogens is 286 g/mol. The van der Waals surface area contributed by atoms with Crippen LogP contribution in [-0.2, 0) is 4.79 Å². The molecule has 1 saturated heterocycles. The van der Waals surface area contributed by atoms with Gasteiger partial charge >= 0.3 is 0 Å². The quantitative estimate of drug-likeness (QED) is 0.898. The number of halogens is 2. The Labute approximate surface area is 129 Å². The third kappa shape index (κ3) is 2.86. The van der Waals surface area contributed by atoms with Gasteiger partial charge in [-0.15, -0.1) is 0 Å². The van der Waals surface area contributed by atoms with Crippen LogP contribution in [0.2, 0.25) is 0 Å². The largest absolute Gasteiger partial charge is 0.349 e. The fraction of sp³-hybridized carbons (Fsp3) is 0.588. The van der Waals surface area contributed by atoms with E-state index in [-0.39, 0.29) is 22.8 Å². The van der Waals surface area contributed by atoms with Gasteiger partial charge in [-0.3, -0.25) is 4.79 Å². The Morgan fingerprint density at radius 3 is 2.82 bits per heavy atom. The van der Waals surface area contributed by atoms with E-state index >= 15 is 0 Å². The SMILES string of the molecule is CCC(NC(=O)C1CC12CCNCC2)c1cc(F)ccc1F. The van der Waals surface area contributed by atoms with E-state index in [1.807, 2.05) is 6.92 Å². The van der Waals surface area contributed by atoms with Crippen LogP contribution in [0.5, 0.6) is 0 Å². The van der Waals surface area contributed by atoms with E-state index in [1.165, 1.54) is 6.07 Å². The molecule has 5 heteroatoms. The van der Waals surface area contributed by atoms with E-state index in [1.54, 1.807) is 0 Å². The standard InChI is InChI=1S/C17H22F2N2O/c1-2-15(12-9-11(18)3-4-14(12)19)21-16(22)13-10-17(13)5-7-20-8-6-17/h3-4,9,13,15,20H,2,5-8,10H2,1H3,(H,21,22). The van der Waals surface area contributed by atoms with Crippen molar-refractivity contribution in [1.29, 1.82) is 0 Å². The van der Waals surface area contributed by atoms with E-state index in [0.29, 0.717) is 6.42 Å². The molecule has 2 N–H and O–H groups in total. The summed E-state index contributed by atoms with van der Waals surface area (Å²) >= 11 is 0. The van der Waals surface area contributed by atoms with Crippen molar-refractivity contribution in [1.82, 2.24) is 10.6 Å². The number of benzene rings is 1. The van der Waals surface area contributed by atoms with Crippen molar-refractivity contribution in [2.45, 2.75) is 38.6 Å². The molecular formula is C17H22F2N2O. The second-order valence-electron chi connectivity index (χ2n) is 6.50. The highest BCUT2D eigenvalue weighted by atomic mass is 19.1. The molecule has 0 bridgehead atoms. The molecule has 3 nitrogen and oxygen atoms in total. The summed E-state index contributed by atoms with van der Waals surface area (Å²) in [5.41, 5.74) is 0.379. The molecule has 22 heavy (non-hydrogen) atoms. The molecule has 2 fully saturated rings. The van der Waals surface area contributed by atoms with Gasteiger partial charge in [0.15, 0.2) is 0 Å². The summed E-state index contributed by atoms with van der Waals surface area (Å²) in [7, 11) is 0. The molecule has 2 unspecified atom stereocenters. The maximum atomic E-state index is 13.9. The van der Waals surface area contributed by atoms with Crippen LogP contribution in [-0.4, -0.2) is 19.0 Å². The Kier molecular flexibility index (Phi) is 4.17. The van der Waals surface area contributed by atoms with Gasteiger partial charge in [0.25, 0.3) is 0 Å². The lowest BCUT2D eigenvalue weighted by Gasteiger charge is -2.24. The molecule has 3 rings (SSSR count). The number of amides is 1. The van der Waals surface area contributed by atoms with Gasteiger partial charge in [-0.25, -0.2) is 8.78 Å². The van der Waals surface area contributed by atoms with Crippen LogP contribution in [0.3, 0.4) is 0 Å². The minimum absolute atomic E-state index is 0.0163. The number of hydrogen-bond donors (Lipinski definition) is 2. The molecule has 1 aromatic rings. The number of carbonyl (C=O) groups excluding carboxylic acids is 1.